The highest BCUT2D eigenvalue weighted by Crippen LogP contribution is 2.22. The first-order chi connectivity index (χ1) is 13.0. The van der Waals surface area contributed by atoms with Crippen molar-refractivity contribution >= 4 is 16.8 Å². The third-order valence-electron chi connectivity index (χ3n) is 4.41. The summed E-state index contributed by atoms with van der Waals surface area (Å²) < 4.78 is 10.4. The molecule has 0 aliphatic carbocycles. The molecule has 0 fully saturated rings. The van der Waals surface area contributed by atoms with E-state index >= 15 is 0 Å². The van der Waals surface area contributed by atoms with E-state index in [2.05, 4.69) is 10.3 Å². The van der Waals surface area contributed by atoms with Crippen molar-refractivity contribution in [3.05, 3.63) is 69.5 Å². The molecule has 3 rings (SSSR count). The molecule has 3 aromatic rings. The Labute approximate surface area is 157 Å². The fourth-order valence-electron chi connectivity index (χ4n) is 2.88. The number of amides is 1. The predicted octanol–water partition coefficient (Wildman–Crippen LogP) is 2.83. The molecule has 6 nitrogen and oxygen atoms in total. The lowest BCUT2D eigenvalue weighted by Gasteiger charge is -2.10. The molecule has 1 amide bonds. The van der Waals surface area contributed by atoms with E-state index in [0.29, 0.717) is 35.6 Å². The number of pyridine rings is 1. The quantitative estimate of drug-likeness (QED) is 0.703. The number of hydrogen-bond acceptors (Lipinski definition) is 4. The molecule has 0 spiro atoms. The van der Waals surface area contributed by atoms with Gasteiger partial charge in [0.1, 0.15) is 11.5 Å². The Morgan fingerprint density at radius 3 is 2.41 bits per heavy atom. The zero-order valence-electron chi connectivity index (χ0n) is 15.6. The van der Waals surface area contributed by atoms with Gasteiger partial charge in [0.25, 0.3) is 11.5 Å². The molecule has 0 unspecified atom stereocenters. The number of hydrogen-bond donors (Lipinski definition) is 2. The Kier molecular flexibility index (Phi) is 5.45. The predicted molar refractivity (Wildman–Crippen MR) is 105 cm³/mol. The van der Waals surface area contributed by atoms with Crippen molar-refractivity contribution in [3.8, 4) is 11.5 Å². The second kappa shape index (κ2) is 7.95. The molecule has 0 saturated heterocycles. The highest BCUT2D eigenvalue weighted by Gasteiger charge is 2.09. The maximum Gasteiger partial charge on any atom is 0.251 e. The van der Waals surface area contributed by atoms with Crippen LogP contribution in [0.1, 0.15) is 21.5 Å². The van der Waals surface area contributed by atoms with E-state index in [1.165, 1.54) is 0 Å². The van der Waals surface area contributed by atoms with E-state index in [4.69, 9.17) is 9.47 Å². The van der Waals surface area contributed by atoms with Crippen molar-refractivity contribution in [2.75, 3.05) is 20.8 Å². The van der Waals surface area contributed by atoms with E-state index in [9.17, 15) is 9.59 Å². The van der Waals surface area contributed by atoms with Gasteiger partial charge >= 0.3 is 0 Å². The Hall–Kier alpha value is -3.28. The number of aromatic amines is 1. The second-order valence-corrected chi connectivity index (χ2v) is 6.31. The number of aromatic nitrogens is 1. The Bertz CT molecular complexity index is 1020. The van der Waals surface area contributed by atoms with E-state index in [0.717, 1.165) is 16.5 Å². The number of carbonyl (C=O) groups is 1. The van der Waals surface area contributed by atoms with Crippen molar-refractivity contribution in [2.45, 2.75) is 13.3 Å². The maximum atomic E-state index is 12.4. The summed E-state index contributed by atoms with van der Waals surface area (Å²) in [5.41, 5.74) is 2.98. The minimum atomic E-state index is -0.187. The molecule has 0 atom stereocenters. The van der Waals surface area contributed by atoms with Gasteiger partial charge in [-0.3, -0.25) is 9.59 Å². The van der Waals surface area contributed by atoms with Crippen molar-refractivity contribution in [3.63, 3.8) is 0 Å². The minimum Gasteiger partial charge on any atom is -0.497 e. The van der Waals surface area contributed by atoms with Gasteiger partial charge in [0, 0.05) is 29.3 Å². The molecular weight excluding hydrogens is 344 g/mol. The molecule has 0 bridgehead atoms. The van der Waals surface area contributed by atoms with Gasteiger partial charge < -0.3 is 19.8 Å². The third-order valence-corrected chi connectivity index (χ3v) is 4.41. The summed E-state index contributed by atoms with van der Waals surface area (Å²) in [5.74, 6) is 0.949. The molecule has 27 heavy (non-hydrogen) atoms. The van der Waals surface area contributed by atoms with Gasteiger partial charge in [-0.1, -0.05) is 6.07 Å². The number of methoxy groups -OCH3 is 2. The van der Waals surface area contributed by atoms with E-state index in [-0.39, 0.29) is 11.5 Å². The lowest BCUT2D eigenvalue weighted by Crippen LogP contribution is -2.25. The lowest BCUT2D eigenvalue weighted by molar-refractivity contribution is 0.0953. The molecule has 1 heterocycles. The average molecular weight is 366 g/mol. The number of aryl methyl sites for hydroxylation is 1. The normalized spacial score (nSPS) is 10.6. The van der Waals surface area contributed by atoms with Crippen LogP contribution in [0.5, 0.6) is 11.5 Å². The van der Waals surface area contributed by atoms with Crippen LogP contribution >= 0.6 is 0 Å². The van der Waals surface area contributed by atoms with Gasteiger partial charge in [-0.15, -0.1) is 0 Å². The summed E-state index contributed by atoms with van der Waals surface area (Å²) in [6, 6.07) is 12.8. The highest BCUT2D eigenvalue weighted by atomic mass is 16.5. The summed E-state index contributed by atoms with van der Waals surface area (Å²) in [6.45, 7) is 2.28. The standard InChI is InChI=1S/C21H22N2O4/c1-13-8-15-9-14(4-5-19(15)23-20(13)24)6-7-22-21(25)16-10-17(26-2)12-18(11-16)27-3/h4-5,8-12H,6-7H2,1-3H3,(H,22,25)(H,23,24). The van der Waals surface area contributed by atoms with Gasteiger partial charge in [0.05, 0.1) is 14.2 Å². The van der Waals surface area contributed by atoms with Crippen molar-refractivity contribution in [1.29, 1.82) is 0 Å². The van der Waals surface area contributed by atoms with Crippen LogP contribution in [-0.2, 0) is 6.42 Å². The molecule has 2 aromatic carbocycles. The van der Waals surface area contributed by atoms with Crippen LogP contribution in [0, 0.1) is 6.92 Å². The van der Waals surface area contributed by atoms with Gasteiger partial charge in [-0.2, -0.15) is 0 Å². The number of benzene rings is 2. The number of ether oxygens (including phenoxy) is 2. The molecule has 0 aliphatic heterocycles. The molecule has 6 heteroatoms. The van der Waals surface area contributed by atoms with Crippen LogP contribution in [0.4, 0.5) is 0 Å². The molecule has 0 aliphatic rings. The zero-order valence-corrected chi connectivity index (χ0v) is 15.6. The van der Waals surface area contributed by atoms with Gasteiger partial charge in [0.15, 0.2) is 0 Å². The summed E-state index contributed by atoms with van der Waals surface area (Å²) in [6.07, 6.45) is 0.682. The number of fused-ring (bicyclic) bond motifs is 1. The largest absolute Gasteiger partial charge is 0.497 e. The molecular formula is C21H22N2O4. The van der Waals surface area contributed by atoms with Crippen molar-refractivity contribution in [1.82, 2.24) is 10.3 Å². The first-order valence-electron chi connectivity index (χ1n) is 8.64. The molecule has 2 N–H and O–H groups in total. The van der Waals surface area contributed by atoms with Crippen LogP contribution in [0.25, 0.3) is 10.9 Å². The summed E-state index contributed by atoms with van der Waals surface area (Å²) in [7, 11) is 3.09. The SMILES string of the molecule is COc1cc(OC)cc(C(=O)NCCc2ccc3[nH]c(=O)c(C)cc3c2)c1. The topological polar surface area (TPSA) is 80.4 Å². The number of nitrogens with one attached hydrogen (secondary N) is 2. The van der Waals surface area contributed by atoms with Gasteiger partial charge in [-0.25, -0.2) is 0 Å². The van der Waals surface area contributed by atoms with E-state index < -0.39 is 0 Å². The number of carbonyl (C=O) groups excluding carboxylic acids is 1. The average Bonchev–Trinajstić information content (AvgIpc) is 2.68. The first-order valence-corrected chi connectivity index (χ1v) is 8.64. The molecule has 0 saturated carbocycles. The van der Waals surface area contributed by atoms with Crippen LogP contribution in [0.15, 0.2) is 47.3 Å². The van der Waals surface area contributed by atoms with Crippen LogP contribution in [0.3, 0.4) is 0 Å². The number of rotatable bonds is 6. The van der Waals surface area contributed by atoms with Crippen LogP contribution < -0.4 is 20.3 Å². The second-order valence-electron chi connectivity index (χ2n) is 6.31. The van der Waals surface area contributed by atoms with Crippen LogP contribution in [0.2, 0.25) is 0 Å². The van der Waals surface area contributed by atoms with Crippen molar-refractivity contribution in [2.24, 2.45) is 0 Å². The Morgan fingerprint density at radius 2 is 1.74 bits per heavy atom. The Balaban J connectivity index is 1.67. The molecule has 1 aromatic heterocycles. The van der Waals surface area contributed by atoms with Crippen molar-refractivity contribution < 1.29 is 14.3 Å². The lowest BCUT2D eigenvalue weighted by atomic mass is 10.1. The Morgan fingerprint density at radius 1 is 1.04 bits per heavy atom. The van der Waals surface area contributed by atoms with E-state index in [1.54, 1.807) is 39.3 Å². The number of H-pyrrole nitrogens is 1. The first kappa shape index (κ1) is 18.5. The van der Waals surface area contributed by atoms with Gasteiger partial charge in [0.2, 0.25) is 0 Å². The fourth-order valence-corrected chi connectivity index (χ4v) is 2.88. The molecule has 140 valence electrons. The third kappa shape index (κ3) is 4.28. The molecule has 0 radical (unpaired) electrons. The summed E-state index contributed by atoms with van der Waals surface area (Å²) >= 11 is 0. The van der Waals surface area contributed by atoms with Crippen LogP contribution in [-0.4, -0.2) is 31.7 Å². The zero-order chi connectivity index (χ0) is 19.4. The summed E-state index contributed by atoms with van der Waals surface area (Å²) in [4.78, 5) is 26.9. The van der Waals surface area contributed by atoms with Gasteiger partial charge in [-0.05, 0) is 54.6 Å². The highest BCUT2D eigenvalue weighted by molar-refractivity contribution is 5.95. The maximum absolute atomic E-state index is 12.4. The minimum absolute atomic E-state index is 0.0729. The fraction of sp³-hybridized carbons (Fsp3) is 0.238. The summed E-state index contributed by atoms with van der Waals surface area (Å²) in [5, 5.41) is 3.89. The smallest absolute Gasteiger partial charge is 0.251 e. The monoisotopic (exact) mass is 366 g/mol. The van der Waals surface area contributed by atoms with E-state index in [1.807, 2.05) is 24.3 Å².